The van der Waals surface area contributed by atoms with Gasteiger partial charge in [-0.25, -0.2) is 37.9 Å². The first-order valence-electron chi connectivity index (χ1n) is 12.3. The molecule has 204 valence electrons. The summed E-state index contributed by atoms with van der Waals surface area (Å²) >= 11 is 5.91. The number of rotatable bonds is 6. The van der Waals surface area contributed by atoms with Gasteiger partial charge in [-0.2, -0.15) is 0 Å². The molecule has 2 aliphatic rings. The van der Waals surface area contributed by atoms with Crippen molar-refractivity contribution in [2.75, 3.05) is 9.80 Å². The van der Waals surface area contributed by atoms with Crippen molar-refractivity contribution in [2.24, 2.45) is 0 Å². The van der Waals surface area contributed by atoms with Crippen molar-refractivity contribution >= 4 is 46.6 Å². The van der Waals surface area contributed by atoms with Crippen molar-refractivity contribution in [1.29, 1.82) is 0 Å². The number of hydrogen-bond acceptors (Lipinski definition) is 7. The van der Waals surface area contributed by atoms with E-state index in [9.17, 15) is 33.6 Å². The fourth-order valence-corrected chi connectivity index (χ4v) is 4.93. The minimum Gasteiger partial charge on any atom is -0.274 e. The van der Waals surface area contributed by atoms with E-state index in [1.807, 2.05) is 0 Å². The molecule has 0 spiro atoms. The second-order valence-electron chi connectivity index (χ2n) is 9.23. The SMILES string of the molecule is C/C(Cl)=C/Cn1c(=O)n([C@H]2CC(=O)N(c3ccccc3)C2=O)c(=O)n([C@H]2CC(=O)N(c3ccccc3)C2=O)c1=O. The van der Waals surface area contributed by atoms with Gasteiger partial charge in [-0.05, 0) is 31.2 Å². The van der Waals surface area contributed by atoms with Crippen LogP contribution in [0.4, 0.5) is 11.4 Å². The molecule has 13 heteroatoms. The zero-order chi connectivity index (χ0) is 28.7. The largest absolute Gasteiger partial charge is 0.337 e. The highest BCUT2D eigenvalue weighted by molar-refractivity contribution is 6.29. The molecule has 2 fully saturated rings. The molecule has 0 saturated carbocycles. The molecule has 2 aromatic carbocycles. The highest BCUT2D eigenvalue weighted by Gasteiger charge is 2.46. The number of aromatic nitrogens is 3. The maximum atomic E-state index is 13.8. The number of allylic oxidation sites excluding steroid dienone is 2. The van der Waals surface area contributed by atoms with E-state index in [1.54, 1.807) is 36.4 Å². The third kappa shape index (κ3) is 4.41. The lowest BCUT2D eigenvalue weighted by Crippen LogP contribution is -2.57. The number of anilines is 2. The van der Waals surface area contributed by atoms with Crippen LogP contribution < -0.4 is 26.9 Å². The fraction of sp³-hybridized carbons (Fsp3) is 0.222. The van der Waals surface area contributed by atoms with Crippen LogP contribution in [0.2, 0.25) is 0 Å². The second kappa shape index (κ2) is 10.4. The number of para-hydroxylation sites is 2. The Morgan fingerprint density at radius 1 is 0.700 bits per heavy atom. The van der Waals surface area contributed by atoms with E-state index >= 15 is 0 Å². The number of imide groups is 2. The summed E-state index contributed by atoms with van der Waals surface area (Å²) in [6, 6.07) is 12.8. The van der Waals surface area contributed by atoms with Gasteiger partial charge in [0, 0.05) is 5.03 Å². The maximum Gasteiger partial charge on any atom is 0.337 e. The van der Waals surface area contributed by atoms with Gasteiger partial charge in [-0.15, -0.1) is 0 Å². The Morgan fingerprint density at radius 3 is 1.48 bits per heavy atom. The van der Waals surface area contributed by atoms with Gasteiger partial charge in [0.05, 0.1) is 30.8 Å². The Bertz CT molecular complexity index is 1640. The van der Waals surface area contributed by atoms with E-state index in [0.717, 1.165) is 9.80 Å². The molecule has 0 radical (unpaired) electrons. The van der Waals surface area contributed by atoms with Crippen LogP contribution in [-0.4, -0.2) is 37.3 Å². The fourth-order valence-electron chi connectivity index (χ4n) is 4.86. The summed E-state index contributed by atoms with van der Waals surface area (Å²) in [6.07, 6.45) is 0.275. The summed E-state index contributed by atoms with van der Waals surface area (Å²) in [5, 5.41) is 0.236. The number of nitrogens with zero attached hydrogens (tertiary/aromatic N) is 5. The molecule has 2 aliphatic heterocycles. The first-order chi connectivity index (χ1) is 19.1. The van der Waals surface area contributed by atoms with Gasteiger partial charge in [0.2, 0.25) is 11.8 Å². The molecule has 12 nitrogen and oxygen atoms in total. The predicted molar refractivity (Wildman–Crippen MR) is 144 cm³/mol. The van der Waals surface area contributed by atoms with Crippen LogP contribution in [0.5, 0.6) is 0 Å². The molecule has 1 aromatic heterocycles. The monoisotopic (exact) mass is 563 g/mol. The third-order valence-corrected chi connectivity index (χ3v) is 6.89. The smallest absolute Gasteiger partial charge is 0.274 e. The van der Waals surface area contributed by atoms with Crippen LogP contribution in [0.25, 0.3) is 0 Å². The topological polar surface area (TPSA) is 141 Å². The van der Waals surface area contributed by atoms with Gasteiger partial charge in [-0.3, -0.25) is 19.2 Å². The number of benzene rings is 2. The van der Waals surface area contributed by atoms with Gasteiger partial charge < -0.3 is 0 Å². The lowest BCUT2D eigenvalue weighted by Gasteiger charge is -2.20. The lowest BCUT2D eigenvalue weighted by molar-refractivity contribution is -0.123. The minimum atomic E-state index is -1.58. The van der Waals surface area contributed by atoms with E-state index in [2.05, 4.69) is 0 Å². The van der Waals surface area contributed by atoms with Crippen molar-refractivity contribution in [3.63, 3.8) is 0 Å². The Morgan fingerprint density at radius 2 is 1.10 bits per heavy atom. The van der Waals surface area contributed by atoms with Gasteiger partial charge in [0.25, 0.3) is 11.8 Å². The predicted octanol–water partition coefficient (Wildman–Crippen LogP) is 1.32. The summed E-state index contributed by atoms with van der Waals surface area (Å²) < 4.78 is 1.65. The first-order valence-corrected chi connectivity index (χ1v) is 12.6. The van der Waals surface area contributed by atoms with E-state index in [4.69, 9.17) is 11.6 Å². The summed E-state index contributed by atoms with van der Waals surface area (Å²) in [7, 11) is 0. The minimum absolute atomic E-state index is 0.236. The Kier molecular flexibility index (Phi) is 6.94. The molecule has 0 unspecified atom stereocenters. The van der Waals surface area contributed by atoms with Crippen LogP contribution in [0.1, 0.15) is 31.8 Å². The summed E-state index contributed by atoms with van der Waals surface area (Å²) in [5.74, 6) is -3.02. The van der Waals surface area contributed by atoms with Gasteiger partial charge in [-0.1, -0.05) is 54.1 Å². The lowest BCUT2D eigenvalue weighted by atomic mass is 10.2. The Hall–Kier alpha value is -4.84. The normalized spacial score (nSPS) is 19.7. The second-order valence-corrected chi connectivity index (χ2v) is 9.83. The Labute approximate surface area is 230 Å². The maximum absolute atomic E-state index is 13.8. The van der Waals surface area contributed by atoms with E-state index < -0.39 is 65.6 Å². The van der Waals surface area contributed by atoms with E-state index in [0.29, 0.717) is 13.7 Å². The zero-order valence-electron chi connectivity index (χ0n) is 21.1. The van der Waals surface area contributed by atoms with E-state index in [1.165, 1.54) is 37.3 Å². The van der Waals surface area contributed by atoms with Crippen LogP contribution in [-0.2, 0) is 25.7 Å². The molecular formula is C27H22ClN5O7. The summed E-state index contributed by atoms with van der Waals surface area (Å²) in [6.45, 7) is 1.12. The zero-order valence-corrected chi connectivity index (χ0v) is 21.9. The van der Waals surface area contributed by atoms with Crippen LogP contribution in [0.3, 0.4) is 0 Å². The number of halogens is 1. The standard InChI is InChI=1S/C27H22ClN5O7/c1-16(28)12-13-29-25(38)32(19-14-21(34)30(23(19)36)17-8-4-2-5-9-17)27(40)33(26(29)39)20-15-22(35)31(24(20)37)18-10-6-3-7-11-18/h2-12,19-20H,13-15H2,1H3/b16-12-/t19-,20-/m0/s1. The van der Waals surface area contributed by atoms with Crippen molar-refractivity contribution in [3.05, 3.63) is 103 Å². The third-order valence-electron chi connectivity index (χ3n) is 6.74. The van der Waals surface area contributed by atoms with Crippen molar-refractivity contribution in [1.82, 2.24) is 13.7 Å². The van der Waals surface area contributed by atoms with Gasteiger partial charge in [0.15, 0.2) is 0 Å². The van der Waals surface area contributed by atoms with Crippen molar-refractivity contribution in [3.8, 4) is 0 Å². The van der Waals surface area contributed by atoms with Crippen LogP contribution in [0.15, 0.2) is 86.2 Å². The summed E-state index contributed by atoms with van der Waals surface area (Å²) in [5.41, 5.74) is -3.09. The molecule has 2 saturated heterocycles. The van der Waals surface area contributed by atoms with Crippen molar-refractivity contribution < 1.29 is 19.2 Å². The molecular weight excluding hydrogens is 542 g/mol. The van der Waals surface area contributed by atoms with Crippen molar-refractivity contribution in [2.45, 2.75) is 38.4 Å². The molecule has 0 aliphatic carbocycles. The number of hydrogen-bond donors (Lipinski definition) is 0. The Balaban J connectivity index is 1.67. The first kappa shape index (κ1) is 26.8. The van der Waals surface area contributed by atoms with Gasteiger partial charge in [0.1, 0.15) is 12.1 Å². The number of carbonyl (C=O) groups is 4. The number of amides is 4. The quantitative estimate of drug-likeness (QED) is 0.412. The van der Waals surface area contributed by atoms with Crippen LogP contribution >= 0.6 is 11.6 Å². The molecule has 4 amide bonds. The average molecular weight is 564 g/mol. The summed E-state index contributed by atoms with van der Waals surface area (Å²) in [4.78, 5) is 95.1. The molecule has 40 heavy (non-hydrogen) atoms. The molecule has 0 bridgehead atoms. The molecule has 0 N–H and O–H groups in total. The van der Waals surface area contributed by atoms with Crippen LogP contribution in [0, 0.1) is 0 Å². The highest BCUT2D eigenvalue weighted by Crippen LogP contribution is 2.30. The van der Waals surface area contributed by atoms with Gasteiger partial charge >= 0.3 is 17.1 Å². The molecule has 5 rings (SSSR count). The molecule has 3 heterocycles. The molecule has 2 atom stereocenters. The highest BCUT2D eigenvalue weighted by atomic mass is 35.5. The molecule has 3 aromatic rings. The van der Waals surface area contributed by atoms with E-state index in [-0.39, 0.29) is 23.0 Å². The average Bonchev–Trinajstić information content (AvgIpc) is 3.38. The number of carbonyl (C=O) groups excluding carboxylic acids is 4.